The normalized spacial score (nSPS) is 12.7. The van der Waals surface area contributed by atoms with Crippen LogP contribution in [0.3, 0.4) is 0 Å². The van der Waals surface area contributed by atoms with E-state index in [4.69, 9.17) is 0 Å². The third-order valence-corrected chi connectivity index (χ3v) is 3.71. The van der Waals surface area contributed by atoms with Crippen LogP contribution in [0, 0.1) is 19.7 Å². The van der Waals surface area contributed by atoms with Gasteiger partial charge in [-0.1, -0.05) is 29.1 Å². The van der Waals surface area contributed by atoms with E-state index < -0.39 is 0 Å². The highest BCUT2D eigenvalue weighted by Crippen LogP contribution is 2.29. The number of benzene rings is 1. The third kappa shape index (κ3) is 2.57. The average Bonchev–Trinajstić information content (AvgIpc) is 2.76. The molecule has 2 rings (SSSR count). The Labute approximate surface area is 110 Å². The summed E-state index contributed by atoms with van der Waals surface area (Å²) in [6.45, 7) is 6.63. The summed E-state index contributed by atoms with van der Waals surface area (Å²) in [5.74, 6) is -0.195. The molecule has 1 atom stereocenters. The van der Waals surface area contributed by atoms with E-state index in [9.17, 15) is 4.39 Å². The predicted molar refractivity (Wildman–Crippen MR) is 71.3 cm³/mol. The first kappa shape index (κ1) is 13.1. The maximum absolute atomic E-state index is 14.0. The molecule has 2 aromatic rings. The lowest BCUT2D eigenvalue weighted by atomic mass is 10.0. The van der Waals surface area contributed by atoms with Gasteiger partial charge in [0.2, 0.25) is 0 Å². The van der Waals surface area contributed by atoms with Crippen LogP contribution in [0.4, 0.5) is 4.39 Å². The summed E-state index contributed by atoms with van der Waals surface area (Å²) in [6, 6.07) is 5.00. The predicted octanol–water partition coefficient (Wildman–Crippen LogP) is 2.99. The Hall–Kier alpha value is -1.33. The molecular formula is C13H16FN3S. The standard InChI is InChI=1S/C13H16FN3S/c1-4-15-12(13-9(3)16-17-18-13)10-7-8(2)5-6-11(10)14/h5-7,12,15H,4H2,1-3H3. The first-order chi connectivity index (χ1) is 8.63. The Balaban J connectivity index is 2.48. The first-order valence-corrected chi connectivity index (χ1v) is 6.69. The lowest BCUT2D eigenvalue weighted by Crippen LogP contribution is -2.23. The fraction of sp³-hybridized carbons (Fsp3) is 0.385. The minimum atomic E-state index is -0.195. The fourth-order valence-electron chi connectivity index (χ4n) is 1.93. The summed E-state index contributed by atoms with van der Waals surface area (Å²) in [5, 5.41) is 7.30. The van der Waals surface area contributed by atoms with Crippen LogP contribution in [0.15, 0.2) is 18.2 Å². The summed E-state index contributed by atoms with van der Waals surface area (Å²) in [4.78, 5) is 0.973. The molecule has 0 aliphatic rings. The Morgan fingerprint density at radius 1 is 1.39 bits per heavy atom. The van der Waals surface area contributed by atoms with Crippen molar-refractivity contribution < 1.29 is 4.39 Å². The van der Waals surface area contributed by atoms with Crippen LogP contribution in [0.1, 0.15) is 34.7 Å². The molecule has 5 heteroatoms. The highest BCUT2D eigenvalue weighted by molar-refractivity contribution is 7.05. The summed E-state index contributed by atoms with van der Waals surface area (Å²) < 4.78 is 17.9. The van der Waals surface area contributed by atoms with Crippen molar-refractivity contribution in [3.63, 3.8) is 0 Å². The van der Waals surface area contributed by atoms with Crippen LogP contribution >= 0.6 is 11.5 Å². The van der Waals surface area contributed by atoms with Gasteiger partial charge in [-0.3, -0.25) is 0 Å². The maximum Gasteiger partial charge on any atom is 0.128 e. The Bertz CT molecular complexity index is 539. The van der Waals surface area contributed by atoms with Crippen LogP contribution < -0.4 is 5.32 Å². The monoisotopic (exact) mass is 265 g/mol. The quantitative estimate of drug-likeness (QED) is 0.923. The van der Waals surface area contributed by atoms with Crippen molar-refractivity contribution in [2.45, 2.75) is 26.8 Å². The van der Waals surface area contributed by atoms with Crippen LogP contribution in [-0.2, 0) is 0 Å². The number of hydrogen-bond acceptors (Lipinski definition) is 4. The smallest absolute Gasteiger partial charge is 0.128 e. The zero-order chi connectivity index (χ0) is 13.1. The fourth-order valence-corrected chi connectivity index (χ4v) is 2.67. The molecule has 0 saturated carbocycles. The van der Waals surface area contributed by atoms with Gasteiger partial charge >= 0.3 is 0 Å². The van der Waals surface area contributed by atoms with Gasteiger partial charge in [0.05, 0.1) is 16.6 Å². The van der Waals surface area contributed by atoms with Gasteiger partial charge in [-0.25, -0.2) is 4.39 Å². The van der Waals surface area contributed by atoms with Crippen LogP contribution in [0.2, 0.25) is 0 Å². The molecule has 1 heterocycles. The molecule has 0 fully saturated rings. The summed E-state index contributed by atoms with van der Waals surface area (Å²) in [7, 11) is 0. The number of aryl methyl sites for hydroxylation is 2. The maximum atomic E-state index is 14.0. The zero-order valence-corrected chi connectivity index (χ0v) is 11.5. The van der Waals surface area contributed by atoms with E-state index >= 15 is 0 Å². The number of rotatable bonds is 4. The lowest BCUT2D eigenvalue weighted by molar-refractivity contribution is 0.561. The number of aromatic nitrogens is 2. The van der Waals surface area contributed by atoms with Crippen LogP contribution in [0.25, 0.3) is 0 Å². The van der Waals surface area contributed by atoms with Gasteiger partial charge in [0.25, 0.3) is 0 Å². The van der Waals surface area contributed by atoms with Gasteiger partial charge in [-0.15, -0.1) is 5.10 Å². The van der Waals surface area contributed by atoms with Crippen molar-refractivity contribution >= 4 is 11.5 Å². The third-order valence-electron chi connectivity index (χ3n) is 2.82. The van der Waals surface area contributed by atoms with E-state index in [-0.39, 0.29) is 11.9 Å². The lowest BCUT2D eigenvalue weighted by Gasteiger charge is -2.18. The zero-order valence-electron chi connectivity index (χ0n) is 10.7. The molecule has 0 saturated heterocycles. The van der Waals surface area contributed by atoms with Gasteiger partial charge in [-0.05, 0) is 38.0 Å². The molecule has 1 N–H and O–H groups in total. The SMILES string of the molecule is CCNC(c1cc(C)ccc1F)c1snnc1C. The Kier molecular flexibility index (Phi) is 4.04. The molecule has 0 spiro atoms. The Morgan fingerprint density at radius 2 is 2.17 bits per heavy atom. The van der Waals surface area contributed by atoms with Crippen molar-refractivity contribution in [2.75, 3.05) is 6.54 Å². The number of halogens is 1. The topological polar surface area (TPSA) is 37.8 Å². The molecule has 1 aromatic heterocycles. The summed E-state index contributed by atoms with van der Waals surface area (Å²) in [5.41, 5.74) is 2.56. The molecule has 96 valence electrons. The minimum Gasteiger partial charge on any atom is -0.306 e. The van der Waals surface area contributed by atoms with Gasteiger partial charge in [0, 0.05) is 5.56 Å². The number of nitrogens with one attached hydrogen (secondary N) is 1. The molecule has 0 amide bonds. The van der Waals surface area contributed by atoms with E-state index in [1.54, 1.807) is 6.07 Å². The first-order valence-electron chi connectivity index (χ1n) is 5.91. The van der Waals surface area contributed by atoms with Crippen molar-refractivity contribution in [3.8, 4) is 0 Å². The van der Waals surface area contributed by atoms with E-state index in [2.05, 4.69) is 14.9 Å². The van der Waals surface area contributed by atoms with E-state index in [1.165, 1.54) is 17.6 Å². The van der Waals surface area contributed by atoms with E-state index in [0.717, 1.165) is 22.7 Å². The van der Waals surface area contributed by atoms with Crippen molar-refractivity contribution in [1.82, 2.24) is 14.9 Å². The average molecular weight is 265 g/mol. The van der Waals surface area contributed by atoms with Gasteiger partial charge in [0.1, 0.15) is 5.82 Å². The molecule has 0 aliphatic carbocycles. The Morgan fingerprint density at radius 3 is 2.78 bits per heavy atom. The number of hydrogen-bond donors (Lipinski definition) is 1. The minimum absolute atomic E-state index is 0.171. The second kappa shape index (κ2) is 5.54. The molecular weight excluding hydrogens is 249 g/mol. The molecule has 0 radical (unpaired) electrons. The van der Waals surface area contributed by atoms with Gasteiger partial charge in [-0.2, -0.15) is 0 Å². The van der Waals surface area contributed by atoms with Crippen molar-refractivity contribution in [3.05, 3.63) is 45.7 Å². The second-order valence-corrected chi connectivity index (χ2v) is 5.02. The molecule has 3 nitrogen and oxygen atoms in total. The summed E-state index contributed by atoms with van der Waals surface area (Å²) >= 11 is 1.32. The van der Waals surface area contributed by atoms with Crippen LogP contribution in [-0.4, -0.2) is 16.1 Å². The largest absolute Gasteiger partial charge is 0.306 e. The molecule has 1 unspecified atom stereocenters. The number of nitrogens with zero attached hydrogens (tertiary/aromatic N) is 2. The van der Waals surface area contributed by atoms with Crippen LogP contribution in [0.5, 0.6) is 0 Å². The van der Waals surface area contributed by atoms with Crippen molar-refractivity contribution in [1.29, 1.82) is 0 Å². The molecule has 0 bridgehead atoms. The summed E-state index contributed by atoms with van der Waals surface area (Å²) in [6.07, 6.45) is 0. The van der Waals surface area contributed by atoms with E-state index in [0.29, 0.717) is 5.56 Å². The van der Waals surface area contributed by atoms with E-state index in [1.807, 2.05) is 26.8 Å². The molecule has 18 heavy (non-hydrogen) atoms. The van der Waals surface area contributed by atoms with Crippen molar-refractivity contribution in [2.24, 2.45) is 0 Å². The molecule has 1 aromatic carbocycles. The molecule has 0 aliphatic heterocycles. The highest BCUT2D eigenvalue weighted by atomic mass is 32.1. The van der Waals surface area contributed by atoms with Gasteiger partial charge in [0.15, 0.2) is 0 Å². The van der Waals surface area contributed by atoms with Gasteiger partial charge < -0.3 is 5.32 Å². The second-order valence-electron chi connectivity index (χ2n) is 4.24. The highest BCUT2D eigenvalue weighted by Gasteiger charge is 2.21.